The molecular weight excluding hydrogens is 359 g/mol. The van der Waals surface area contributed by atoms with Crippen molar-refractivity contribution < 1.29 is 33.7 Å². The maximum atomic E-state index is 13.2. The van der Waals surface area contributed by atoms with Crippen LogP contribution in [0.2, 0.25) is 0 Å². The molecule has 3 rings (SSSR count). The van der Waals surface area contributed by atoms with Gasteiger partial charge in [-0.15, -0.1) is 0 Å². The van der Waals surface area contributed by atoms with Gasteiger partial charge in [0.2, 0.25) is 0 Å². The highest BCUT2D eigenvalue weighted by Crippen LogP contribution is 2.19. The first-order valence-corrected chi connectivity index (χ1v) is 8.71. The third kappa shape index (κ3) is 6.30. The Morgan fingerprint density at radius 1 is 1.00 bits per heavy atom. The Bertz CT molecular complexity index is 658. The van der Waals surface area contributed by atoms with Gasteiger partial charge >= 0.3 is 11.9 Å². The van der Waals surface area contributed by atoms with Gasteiger partial charge < -0.3 is 19.8 Å². The van der Waals surface area contributed by atoms with Gasteiger partial charge in [0.25, 0.3) is 5.91 Å². The van der Waals surface area contributed by atoms with E-state index in [4.69, 9.17) is 24.5 Å². The fourth-order valence-corrected chi connectivity index (χ4v) is 3.18. The Balaban J connectivity index is 0.000000380. The first kappa shape index (κ1) is 20.8. The van der Waals surface area contributed by atoms with E-state index in [1.54, 1.807) is 12.1 Å². The highest BCUT2D eigenvalue weighted by molar-refractivity contribution is 6.27. The van der Waals surface area contributed by atoms with E-state index in [1.807, 2.05) is 4.90 Å². The fraction of sp³-hybridized carbons (Fsp3) is 0.500. The molecule has 0 aromatic heterocycles. The lowest BCUT2D eigenvalue weighted by molar-refractivity contribution is -0.159. The van der Waals surface area contributed by atoms with Crippen LogP contribution in [0, 0.1) is 5.82 Å². The summed E-state index contributed by atoms with van der Waals surface area (Å²) >= 11 is 0. The van der Waals surface area contributed by atoms with Gasteiger partial charge in [0.1, 0.15) is 5.82 Å². The number of carboxylic acid groups (broad SMARTS) is 2. The minimum Gasteiger partial charge on any atom is -0.473 e. The zero-order valence-electron chi connectivity index (χ0n) is 14.8. The molecule has 0 unspecified atom stereocenters. The molecule has 1 aromatic carbocycles. The molecule has 9 heteroatoms. The lowest BCUT2D eigenvalue weighted by atomic mass is 10.0. The molecule has 2 saturated heterocycles. The van der Waals surface area contributed by atoms with Crippen molar-refractivity contribution in [3.05, 3.63) is 35.6 Å². The summed E-state index contributed by atoms with van der Waals surface area (Å²) in [4.78, 5) is 34.9. The molecule has 2 fully saturated rings. The van der Waals surface area contributed by atoms with Crippen molar-refractivity contribution in [1.29, 1.82) is 0 Å². The number of carbonyl (C=O) groups is 3. The van der Waals surface area contributed by atoms with Crippen molar-refractivity contribution in [3.63, 3.8) is 0 Å². The number of likely N-dealkylation sites (tertiary alicyclic amines) is 1. The predicted molar refractivity (Wildman–Crippen MR) is 93.0 cm³/mol. The van der Waals surface area contributed by atoms with Crippen molar-refractivity contribution in [2.45, 2.75) is 18.9 Å². The van der Waals surface area contributed by atoms with E-state index in [9.17, 15) is 9.18 Å². The maximum absolute atomic E-state index is 13.2. The van der Waals surface area contributed by atoms with Crippen molar-refractivity contribution in [3.8, 4) is 0 Å². The molecule has 27 heavy (non-hydrogen) atoms. The Hall–Kier alpha value is -2.52. The number of halogens is 1. The summed E-state index contributed by atoms with van der Waals surface area (Å²) in [5.41, 5.74) is 0.444. The van der Waals surface area contributed by atoms with Crippen LogP contribution in [-0.2, 0) is 14.3 Å². The summed E-state index contributed by atoms with van der Waals surface area (Å²) in [6, 6.07) is 6.49. The number of piperidine rings is 1. The molecule has 2 N–H and O–H groups in total. The van der Waals surface area contributed by atoms with Crippen molar-refractivity contribution in [2.75, 3.05) is 39.4 Å². The standard InChI is InChI=1S/C16H21FN2O2.C2H2O4/c17-14-3-1-2-13(12-14)16(20)19-6-4-15(5-7-19)18-8-10-21-11-9-18;3-1(4)2(5)6/h1-3,12,15H,4-11H2;(H,3,4)(H,5,6). The Morgan fingerprint density at radius 3 is 2.11 bits per heavy atom. The van der Waals surface area contributed by atoms with Gasteiger partial charge in [-0.25, -0.2) is 14.0 Å². The van der Waals surface area contributed by atoms with Crippen LogP contribution in [0.4, 0.5) is 4.39 Å². The highest BCUT2D eigenvalue weighted by atomic mass is 19.1. The number of hydrogen-bond acceptors (Lipinski definition) is 5. The van der Waals surface area contributed by atoms with Gasteiger partial charge in [-0.3, -0.25) is 9.69 Å². The second-order valence-corrected chi connectivity index (χ2v) is 6.29. The minimum absolute atomic E-state index is 0.0603. The average Bonchev–Trinajstić information content (AvgIpc) is 2.68. The number of carboxylic acids is 2. The van der Waals surface area contributed by atoms with Gasteiger partial charge in [-0.05, 0) is 31.0 Å². The lowest BCUT2D eigenvalue weighted by Gasteiger charge is -2.40. The number of amides is 1. The number of benzene rings is 1. The maximum Gasteiger partial charge on any atom is 0.414 e. The second kappa shape index (κ2) is 9.98. The van der Waals surface area contributed by atoms with Crippen LogP contribution >= 0.6 is 0 Å². The van der Waals surface area contributed by atoms with Crippen LogP contribution in [0.25, 0.3) is 0 Å². The van der Waals surface area contributed by atoms with Gasteiger partial charge in [0.05, 0.1) is 13.2 Å². The molecule has 1 amide bonds. The zero-order chi connectivity index (χ0) is 19.8. The summed E-state index contributed by atoms with van der Waals surface area (Å²) in [5.74, 6) is -4.07. The van der Waals surface area contributed by atoms with Crippen molar-refractivity contribution in [2.24, 2.45) is 0 Å². The lowest BCUT2D eigenvalue weighted by Crippen LogP contribution is -2.50. The number of morpholine rings is 1. The molecule has 8 nitrogen and oxygen atoms in total. The summed E-state index contributed by atoms with van der Waals surface area (Å²) in [7, 11) is 0. The monoisotopic (exact) mass is 382 g/mol. The van der Waals surface area contributed by atoms with E-state index in [0.29, 0.717) is 11.6 Å². The molecule has 2 aliphatic heterocycles. The van der Waals surface area contributed by atoms with Gasteiger partial charge in [0, 0.05) is 37.8 Å². The van der Waals surface area contributed by atoms with E-state index in [1.165, 1.54) is 12.1 Å². The number of hydrogen-bond donors (Lipinski definition) is 2. The topological polar surface area (TPSA) is 107 Å². The van der Waals surface area contributed by atoms with Crippen LogP contribution in [0.1, 0.15) is 23.2 Å². The molecule has 2 heterocycles. The van der Waals surface area contributed by atoms with Crippen molar-refractivity contribution >= 4 is 17.8 Å². The number of carbonyl (C=O) groups excluding carboxylic acids is 1. The summed E-state index contributed by atoms with van der Waals surface area (Å²) in [6.45, 7) is 5.09. The zero-order valence-corrected chi connectivity index (χ0v) is 14.8. The smallest absolute Gasteiger partial charge is 0.414 e. The highest BCUT2D eigenvalue weighted by Gasteiger charge is 2.28. The van der Waals surface area contributed by atoms with E-state index in [0.717, 1.165) is 52.2 Å². The van der Waals surface area contributed by atoms with E-state index in [-0.39, 0.29) is 11.7 Å². The molecule has 148 valence electrons. The molecule has 0 bridgehead atoms. The third-order valence-corrected chi connectivity index (χ3v) is 4.57. The Morgan fingerprint density at radius 2 is 1.59 bits per heavy atom. The number of ether oxygens (including phenoxy) is 1. The molecule has 0 saturated carbocycles. The largest absolute Gasteiger partial charge is 0.473 e. The van der Waals surface area contributed by atoms with E-state index < -0.39 is 11.9 Å². The first-order chi connectivity index (χ1) is 12.9. The van der Waals surface area contributed by atoms with Crippen LogP contribution in [0.15, 0.2) is 24.3 Å². The minimum atomic E-state index is -1.82. The Kier molecular flexibility index (Phi) is 7.68. The SMILES string of the molecule is O=C(O)C(=O)O.O=C(c1cccc(F)c1)N1CCC(N2CCOCC2)CC1. The van der Waals surface area contributed by atoms with Crippen LogP contribution in [0.3, 0.4) is 0 Å². The van der Waals surface area contributed by atoms with Crippen LogP contribution < -0.4 is 0 Å². The van der Waals surface area contributed by atoms with E-state index in [2.05, 4.69) is 4.90 Å². The first-order valence-electron chi connectivity index (χ1n) is 8.71. The summed E-state index contributed by atoms with van der Waals surface area (Å²) in [6.07, 6.45) is 1.97. The normalized spacial score (nSPS) is 18.3. The summed E-state index contributed by atoms with van der Waals surface area (Å²) in [5, 5.41) is 14.8. The van der Waals surface area contributed by atoms with E-state index >= 15 is 0 Å². The Labute approximate surface area is 156 Å². The quantitative estimate of drug-likeness (QED) is 0.733. The van der Waals surface area contributed by atoms with Crippen LogP contribution in [0.5, 0.6) is 0 Å². The summed E-state index contributed by atoms with van der Waals surface area (Å²) < 4.78 is 18.6. The molecule has 1 aromatic rings. The second-order valence-electron chi connectivity index (χ2n) is 6.29. The van der Waals surface area contributed by atoms with Gasteiger partial charge in [-0.1, -0.05) is 6.07 Å². The molecule has 0 atom stereocenters. The molecule has 0 spiro atoms. The third-order valence-electron chi connectivity index (χ3n) is 4.57. The van der Waals surface area contributed by atoms with Gasteiger partial charge in [0.15, 0.2) is 0 Å². The van der Waals surface area contributed by atoms with Crippen molar-refractivity contribution in [1.82, 2.24) is 9.80 Å². The number of nitrogens with zero attached hydrogens (tertiary/aromatic N) is 2. The van der Waals surface area contributed by atoms with Gasteiger partial charge in [-0.2, -0.15) is 0 Å². The average molecular weight is 382 g/mol. The number of rotatable bonds is 2. The molecule has 0 aliphatic carbocycles. The molecule has 0 radical (unpaired) electrons. The van der Waals surface area contributed by atoms with Crippen LogP contribution in [-0.4, -0.2) is 83.3 Å². The molecular formula is C18H23FN2O6. The predicted octanol–water partition coefficient (Wildman–Crippen LogP) is 0.918. The molecule has 2 aliphatic rings. The fourth-order valence-electron chi connectivity index (χ4n) is 3.18. The number of aliphatic carboxylic acids is 2.